The van der Waals surface area contributed by atoms with Crippen LogP contribution in [0.25, 0.3) is 0 Å². The molecule has 1 fully saturated rings. The molecule has 0 aromatic heterocycles. The minimum absolute atomic E-state index is 0.612. The molecule has 0 aliphatic heterocycles. The highest BCUT2D eigenvalue weighted by Gasteiger charge is 2.44. The summed E-state index contributed by atoms with van der Waals surface area (Å²) in [7, 11) is 0. The van der Waals surface area contributed by atoms with E-state index >= 15 is 0 Å². The highest BCUT2D eigenvalue weighted by atomic mass is 14.9. The largest absolute Gasteiger partial charge is 0.312 e. The van der Waals surface area contributed by atoms with E-state index in [2.05, 4.69) is 50.4 Å². The summed E-state index contributed by atoms with van der Waals surface area (Å²) in [6.45, 7) is 9.15. The van der Waals surface area contributed by atoms with E-state index in [0.29, 0.717) is 5.41 Å². The van der Waals surface area contributed by atoms with E-state index in [1.807, 2.05) is 0 Å². The highest BCUT2D eigenvalue weighted by Crippen LogP contribution is 2.51. The molecular formula is C16H25N. The van der Waals surface area contributed by atoms with Crippen LogP contribution in [0, 0.1) is 11.3 Å². The van der Waals surface area contributed by atoms with Crippen LogP contribution in [0.2, 0.25) is 0 Å². The fraction of sp³-hybridized carbons (Fsp3) is 0.625. The Labute approximate surface area is 106 Å². The van der Waals surface area contributed by atoms with Crippen LogP contribution in [-0.2, 0) is 13.0 Å². The summed E-state index contributed by atoms with van der Waals surface area (Å²) in [6.07, 6.45) is 3.95. The number of rotatable bonds is 6. The third-order valence-corrected chi connectivity index (χ3v) is 4.41. The molecule has 1 aromatic rings. The first-order valence-electron chi connectivity index (χ1n) is 6.95. The van der Waals surface area contributed by atoms with Crippen molar-refractivity contribution in [1.29, 1.82) is 0 Å². The number of hydrogen-bond donors (Lipinski definition) is 1. The zero-order valence-electron chi connectivity index (χ0n) is 11.4. The van der Waals surface area contributed by atoms with Crippen LogP contribution >= 0.6 is 0 Å². The molecule has 1 aliphatic rings. The number of nitrogens with one attached hydrogen (secondary N) is 1. The van der Waals surface area contributed by atoms with E-state index in [9.17, 15) is 0 Å². The molecule has 0 heterocycles. The Morgan fingerprint density at radius 3 is 2.35 bits per heavy atom. The Kier molecular flexibility index (Phi) is 3.88. The molecule has 0 spiro atoms. The van der Waals surface area contributed by atoms with Crippen LogP contribution in [0.1, 0.15) is 44.7 Å². The molecule has 1 aromatic carbocycles. The number of benzene rings is 1. The van der Waals surface area contributed by atoms with Gasteiger partial charge in [0, 0.05) is 13.1 Å². The average molecular weight is 231 g/mol. The van der Waals surface area contributed by atoms with E-state index in [1.54, 1.807) is 0 Å². The summed E-state index contributed by atoms with van der Waals surface area (Å²) in [5.41, 5.74) is 3.56. The standard InChI is InChI=1S/C16H25N/c1-4-14-7-5-6-8-15(14)11-17-12-16(9-10-16)13(2)3/h5-8,13,17H,4,9-12H2,1-3H3. The molecule has 0 atom stereocenters. The van der Waals surface area contributed by atoms with Crippen molar-refractivity contribution in [2.45, 2.75) is 46.6 Å². The Morgan fingerprint density at radius 1 is 1.18 bits per heavy atom. The van der Waals surface area contributed by atoms with Crippen LogP contribution in [0.3, 0.4) is 0 Å². The summed E-state index contributed by atoms with van der Waals surface area (Å²) in [6, 6.07) is 8.78. The van der Waals surface area contributed by atoms with Crippen LogP contribution in [-0.4, -0.2) is 6.54 Å². The van der Waals surface area contributed by atoms with Crippen LogP contribution < -0.4 is 5.32 Å². The highest BCUT2D eigenvalue weighted by molar-refractivity contribution is 5.26. The van der Waals surface area contributed by atoms with E-state index in [4.69, 9.17) is 0 Å². The van der Waals surface area contributed by atoms with Gasteiger partial charge >= 0.3 is 0 Å². The Morgan fingerprint density at radius 2 is 1.82 bits per heavy atom. The Hall–Kier alpha value is -0.820. The second kappa shape index (κ2) is 5.22. The minimum atomic E-state index is 0.612. The lowest BCUT2D eigenvalue weighted by molar-refractivity contribution is 0.337. The number of aryl methyl sites for hydroxylation is 1. The van der Waals surface area contributed by atoms with Crippen molar-refractivity contribution >= 4 is 0 Å². The van der Waals surface area contributed by atoms with E-state index in [-0.39, 0.29) is 0 Å². The van der Waals surface area contributed by atoms with Crippen LogP contribution in [0.15, 0.2) is 24.3 Å². The van der Waals surface area contributed by atoms with Gasteiger partial charge in [0.05, 0.1) is 0 Å². The monoisotopic (exact) mass is 231 g/mol. The fourth-order valence-corrected chi connectivity index (χ4v) is 2.64. The molecule has 1 heteroatoms. The van der Waals surface area contributed by atoms with E-state index < -0.39 is 0 Å². The van der Waals surface area contributed by atoms with Crippen molar-refractivity contribution in [2.75, 3.05) is 6.54 Å². The van der Waals surface area contributed by atoms with Crippen LogP contribution in [0.5, 0.6) is 0 Å². The predicted molar refractivity (Wildman–Crippen MR) is 74.0 cm³/mol. The van der Waals surface area contributed by atoms with Gasteiger partial charge in [-0.3, -0.25) is 0 Å². The van der Waals surface area contributed by atoms with Gasteiger partial charge in [-0.25, -0.2) is 0 Å². The lowest BCUT2D eigenvalue weighted by Gasteiger charge is -2.20. The molecule has 17 heavy (non-hydrogen) atoms. The molecule has 0 unspecified atom stereocenters. The maximum Gasteiger partial charge on any atom is 0.0208 e. The third-order valence-electron chi connectivity index (χ3n) is 4.41. The SMILES string of the molecule is CCc1ccccc1CNCC1(C(C)C)CC1. The zero-order valence-corrected chi connectivity index (χ0v) is 11.4. The van der Waals surface area contributed by atoms with Crippen molar-refractivity contribution in [3.05, 3.63) is 35.4 Å². The van der Waals surface area contributed by atoms with Crippen molar-refractivity contribution in [3.8, 4) is 0 Å². The van der Waals surface area contributed by atoms with Crippen molar-refractivity contribution in [1.82, 2.24) is 5.32 Å². The van der Waals surface area contributed by atoms with Gasteiger partial charge in [0.2, 0.25) is 0 Å². The van der Waals surface area contributed by atoms with Gasteiger partial charge in [0.15, 0.2) is 0 Å². The fourth-order valence-electron chi connectivity index (χ4n) is 2.64. The van der Waals surface area contributed by atoms with Crippen molar-refractivity contribution in [3.63, 3.8) is 0 Å². The molecule has 1 N–H and O–H groups in total. The second-order valence-electron chi connectivity index (χ2n) is 5.74. The maximum atomic E-state index is 3.66. The zero-order chi connectivity index (χ0) is 12.3. The molecule has 1 saturated carbocycles. The van der Waals surface area contributed by atoms with Gasteiger partial charge in [-0.2, -0.15) is 0 Å². The molecule has 0 radical (unpaired) electrons. The average Bonchev–Trinajstić information content (AvgIpc) is 3.11. The quantitative estimate of drug-likeness (QED) is 0.785. The van der Waals surface area contributed by atoms with Crippen molar-refractivity contribution in [2.24, 2.45) is 11.3 Å². The Balaban J connectivity index is 1.86. The van der Waals surface area contributed by atoms with Gasteiger partial charge in [-0.15, -0.1) is 0 Å². The molecule has 0 amide bonds. The third kappa shape index (κ3) is 2.90. The molecule has 94 valence electrons. The lowest BCUT2D eigenvalue weighted by Crippen LogP contribution is -2.27. The van der Waals surface area contributed by atoms with E-state index in [1.165, 1.54) is 30.5 Å². The summed E-state index contributed by atoms with van der Waals surface area (Å²) in [5, 5.41) is 3.66. The van der Waals surface area contributed by atoms with Gasteiger partial charge < -0.3 is 5.32 Å². The van der Waals surface area contributed by atoms with Crippen LogP contribution in [0.4, 0.5) is 0 Å². The molecule has 0 bridgehead atoms. The molecule has 1 nitrogen and oxygen atoms in total. The smallest absolute Gasteiger partial charge is 0.0208 e. The van der Waals surface area contributed by atoms with Gasteiger partial charge in [-0.05, 0) is 41.7 Å². The summed E-state index contributed by atoms with van der Waals surface area (Å²) in [4.78, 5) is 0. The van der Waals surface area contributed by atoms with Gasteiger partial charge in [0.25, 0.3) is 0 Å². The number of hydrogen-bond acceptors (Lipinski definition) is 1. The second-order valence-corrected chi connectivity index (χ2v) is 5.74. The molecule has 1 aliphatic carbocycles. The van der Waals surface area contributed by atoms with Gasteiger partial charge in [-0.1, -0.05) is 45.0 Å². The molecule has 0 saturated heterocycles. The van der Waals surface area contributed by atoms with Crippen molar-refractivity contribution < 1.29 is 0 Å². The summed E-state index contributed by atoms with van der Waals surface area (Å²) >= 11 is 0. The first-order chi connectivity index (χ1) is 8.18. The van der Waals surface area contributed by atoms with Gasteiger partial charge in [0.1, 0.15) is 0 Å². The lowest BCUT2D eigenvalue weighted by atomic mass is 9.92. The molecular weight excluding hydrogens is 206 g/mol. The first kappa shape index (κ1) is 12.6. The Bertz CT molecular complexity index is 364. The van der Waals surface area contributed by atoms with E-state index in [0.717, 1.165) is 18.9 Å². The maximum absolute atomic E-state index is 3.66. The first-order valence-corrected chi connectivity index (χ1v) is 6.95. The molecule has 2 rings (SSSR count). The predicted octanol–water partition coefficient (Wildman–Crippen LogP) is 3.77. The summed E-state index contributed by atoms with van der Waals surface area (Å²) < 4.78 is 0. The summed E-state index contributed by atoms with van der Waals surface area (Å²) in [5.74, 6) is 0.816. The topological polar surface area (TPSA) is 12.0 Å². The minimum Gasteiger partial charge on any atom is -0.312 e. The normalized spacial score (nSPS) is 17.4.